The summed E-state index contributed by atoms with van der Waals surface area (Å²) in [6.45, 7) is 2.00. The molecule has 0 aliphatic heterocycles. The molecule has 0 unspecified atom stereocenters. The number of para-hydroxylation sites is 1. The number of hydrogen-bond donors (Lipinski definition) is 1. The van der Waals surface area contributed by atoms with Crippen LogP contribution in [0.3, 0.4) is 0 Å². The summed E-state index contributed by atoms with van der Waals surface area (Å²) in [6, 6.07) is 16.4. The standard InChI is InChI=1S/C19H16F3N3S/c1-2-13-8-6-7-11-16(13)24-18-23-12-15(19(20,21)22)17(25-18)26-14-9-4-3-5-10-14/h3-12H,2H2,1H3,(H,23,24,25). The van der Waals surface area contributed by atoms with Gasteiger partial charge in [-0.25, -0.2) is 9.97 Å². The highest BCUT2D eigenvalue weighted by Gasteiger charge is 2.35. The number of hydrogen-bond acceptors (Lipinski definition) is 4. The largest absolute Gasteiger partial charge is 0.420 e. The number of nitrogens with zero attached hydrogens (tertiary/aromatic N) is 2. The van der Waals surface area contributed by atoms with Crippen LogP contribution in [0.1, 0.15) is 18.1 Å². The quantitative estimate of drug-likeness (QED) is 0.559. The Morgan fingerprint density at radius 2 is 1.69 bits per heavy atom. The van der Waals surface area contributed by atoms with Crippen molar-refractivity contribution in [1.82, 2.24) is 9.97 Å². The Bertz CT molecular complexity index is 883. The van der Waals surface area contributed by atoms with Crippen molar-refractivity contribution in [3.63, 3.8) is 0 Å². The molecule has 7 heteroatoms. The first-order valence-electron chi connectivity index (χ1n) is 7.99. The van der Waals surface area contributed by atoms with E-state index in [9.17, 15) is 13.2 Å². The summed E-state index contributed by atoms with van der Waals surface area (Å²) in [5.41, 5.74) is 0.972. The molecule has 0 aliphatic carbocycles. The number of alkyl halides is 3. The Morgan fingerprint density at radius 1 is 1.00 bits per heavy atom. The van der Waals surface area contributed by atoms with Crippen molar-refractivity contribution in [3.05, 3.63) is 71.9 Å². The number of nitrogens with one attached hydrogen (secondary N) is 1. The number of anilines is 2. The van der Waals surface area contributed by atoms with Crippen LogP contribution in [0.5, 0.6) is 0 Å². The number of rotatable bonds is 5. The van der Waals surface area contributed by atoms with Gasteiger partial charge < -0.3 is 5.32 Å². The molecule has 134 valence electrons. The lowest BCUT2D eigenvalue weighted by atomic mass is 10.1. The summed E-state index contributed by atoms with van der Waals surface area (Å²) in [7, 11) is 0. The smallest absolute Gasteiger partial charge is 0.324 e. The van der Waals surface area contributed by atoms with Crippen molar-refractivity contribution in [2.75, 3.05) is 5.32 Å². The van der Waals surface area contributed by atoms with Crippen LogP contribution in [0.4, 0.5) is 24.8 Å². The van der Waals surface area contributed by atoms with Gasteiger partial charge in [0.05, 0.1) is 0 Å². The van der Waals surface area contributed by atoms with Crippen LogP contribution in [-0.4, -0.2) is 9.97 Å². The summed E-state index contributed by atoms with van der Waals surface area (Å²) in [6.07, 6.45) is -2.90. The van der Waals surface area contributed by atoms with E-state index in [2.05, 4.69) is 15.3 Å². The van der Waals surface area contributed by atoms with Crippen LogP contribution in [0.25, 0.3) is 0 Å². The van der Waals surface area contributed by atoms with Crippen molar-refractivity contribution in [3.8, 4) is 0 Å². The van der Waals surface area contributed by atoms with Crippen molar-refractivity contribution < 1.29 is 13.2 Å². The molecule has 0 radical (unpaired) electrons. The van der Waals surface area contributed by atoms with Crippen LogP contribution in [0.15, 0.2) is 70.7 Å². The predicted octanol–water partition coefficient (Wildman–Crippen LogP) is 5.95. The van der Waals surface area contributed by atoms with Crippen LogP contribution in [-0.2, 0) is 12.6 Å². The lowest BCUT2D eigenvalue weighted by Crippen LogP contribution is -2.11. The average Bonchev–Trinajstić information content (AvgIpc) is 2.62. The highest BCUT2D eigenvalue weighted by molar-refractivity contribution is 7.99. The highest BCUT2D eigenvalue weighted by atomic mass is 32.2. The van der Waals surface area contributed by atoms with E-state index in [1.54, 1.807) is 24.3 Å². The maximum Gasteiger partial charge on any atom is 0.420 e. The molecule has 0 aliphatic rings. The SMILES string of the molecule is CCc1ccccc1Nc1ncc(C(F)(F)F)c(Sc2ccccc2)n1. The van der Waals surface area contributed by atoms with Crippen molar-refractivity contribution in [1.29, 1.82) is 0 Å². The Labute approximate surface area is 153 Å². The molecule has 3 aromatic rings. The van der Waals surface area contributed by atoms with E-state index in [1.165, 1.54) is 0 Å². The van der Waals surface area contributed by atoms with E-state index in [4.69, 9.17) is 0 Å². The summed E-state index contributed by atoms with van der Waals surface area (Å²) in [4.78, 5) is 8.67. The van der Waals surface area contributed by atoms with E-state index >= 15 is 0 Å². The van der Waals surface area contributed by atoms with Gasteiger partial charge in [0, 0.05) is 16.8 Å². The topological polar surface area (TPSA) is 37.8 Å². The van der Waals surface area contributed by atoms with E-state index < -0.39 is 11.7 Å². The minimum Gasteiger partial charge on any atom is -0.324 e. The molecule has 2 aromatic carbocycles. The van der Waals surface area contributed by atoms with Gasteiger partial charge in [-0.3, -0.25) is 0 Å². The molecule has 0 bridgehead atoms. The lowest BCUT2D eigenvalue weighted by Gasteiger charge is -2.14. The van der Waals surface area contributed by atoms with E-state index in [1.807, 2.05) is 37.3 Å². The molecule has 1 heterocycles. The van der Waals surface area contributed by atoms with E-state index in [0.29, 0.717) is 4.90 Å². The van der Waals surface area contributed by atoms with Gasteiger partial charge >= 0.3 is 6.18 Å². The van der Waals surface area contributed by atoms with Crippen LogP contribution < -0.4 is 5.32 Å². The van der Waals surface area contributed by atoms with Gasteiger partial charge in [0.1, 0.15) is 10.6 Å². The molecule has 0 amide bonds. The first-order valence-corrected chi connectivity index (χ1v) is 8.81. The van der Waals surface area contributed by atoms with Gasteiger partial charge in [0.25, 0.3) is 0 Å². The van der Waals surface area contributed by atoms with E-state index in [-0.39, 0.29) is 11.0 Å². The Hall–Kier alpha value is -2.54. The molecular formula is C19H16F3N3S. The van der Waals surface area contributed by atoms with Crippen LogP contribution >= 0.6 is 11.8 Å². The summed E-state index contributed by atoms with van der Waals surface area (Å²) in [5, 5.41) is 2.90. The van der Waals surface area contributed by atoms with Crippen molar-refractivity contribution in [2.45, 2.75) is 29.4 Å². The zero-order valence-electron chi connectivity index (χ0n) is 13.9. The monoisotopic (exact) mass is 375 g/mol. The summed E-state index contributed by atoms with van der Waals surface area (Å²) in [5.74, 6) is 0.136. The molecule has 1 N–H and O–H groups in total. The van der Waals surface area contributed by atoms with Gasteiger partial charge in [0.2, 0.25) is 5.95 Å². The molecule has 0 saturated heterocycles. The maximum absolute atomic E-state index is 13.3. The second-order valence-corrected chi connectivity index (χ2v) is 6.52. The normalized spacial score (nSPS) is 11.4. The minimum absolute atomic E-state index is 0.129. The average molecular weight is 375 g/mol. The number of halogens is 3. The molecule has 26 heavy (non-hydrogen) atoms. The Balaban J connectivity index is 1.96. The van der Waals surface area contributed by atoms with Crippen LogP contribution in [0.2, 0.25) is 0 Å². The zero-order valence-corrected chi connectivity index (χ0v) is 14.7. The summed E-state index contributed by atoms with van der Waals surface area (Å²) < 4.78 is 39.9. The fourth-order valence-electron chi connectivity index (χ4n) is 2.37. The molecule has 0 atom stereocenters. The molecule has 3 rings (SSSR count). The van der Waals surface area contributed by atoms with Gasteiger partial charge in [-0.15, -0.1) is 0 Å². The second kappa shape index (κ2) is 7.78. The first-order chi connectivity index (χ1) is 12.5. The summed E-state index contributed by atoms with van der Waals surface area (Å²) >= 11 is 0.965. The fourth-order valence-corrected chi connectivity index (χ4v) is 3.30. The predicted molar refractivity (Wildman–Crippen MR) is 96.7 cm³/mol. The molecule has 0 saturated carbocycles. The van der Waals surface area contributed by atoms with Crippen molar-refractivity contribution >= 4 is 23.4 Å². The number of aromatic nitrogens is 2. The third-order valence-corrected chi connectivity index (χ3v) is 4.67. The third-order valence-electron chi connectivity index (χ3n) is 3.66. The molecule has 0 spiro atoms. The highest BCUT2D eigenvalue weighted by Crippen LogP contribution is 2.38. The van der Waals surface area contributed by atoms with Gasteiger partial charge in [-0.2, -0.15) is 13.2 Å². The Kier molecular flexibility index (Phi) is 5.46. The molecule has 3 nitrogen and oxygen atoms in total. The van der Waals surface area contributed by atoms with Gasteiger partial charge in [-0.1, -0.05) is 55.1 Å². The fraction of sp³-hybridized carbons (Fsp3) is 0.158. The molecule has 1 aromatic heterocycles. The van der Waals surface area contributed by atoms with Gasteiger partial charge in [-0.05, 0) is 30.2 Å². The minimum atomic E-state index is -4.52. The molecular weight excluding hydrogens is 359 g/mol. The third kappa shape index (κ3) is 4.35. The molecule has 0 fully saturated rings. The van der Waals surface area contributed by atoms with Crippen molar-refractivity contribution in [2.24, 2.45) is 0 Å². The number of benzene rings is 2. The van der Waals surface area contributed by atoms with E-state index in [0.717, 1.165) is 35.6 Å². The van der Waals surface area contributed by atoms with Gasteiger partial charge in [0.15, 0.2) is 0 Å². The number of aryl methyl sites for hydroxylation is 1. The second-order valence-electron chi connectivity index (χ2n) is 5.46. The first kappa shape index (κ1) is 18.3. The van der Waals surface area contributed by atoms with Crippen LogP contribution in [0, 0.1) is 0 Å². The maximum atomic E-state index is 13.3. The Morgan fingerprint density at radius 3 is 2.38 bits per heavy atom. The zero-order chi connectivity index (χ0) is 18.6. The lowest BCUT2D eigenvalue weighted by molar-refractivity contribution is -0.140.